The zero-order chi connectivity index (χ0) is 13.8. The Morgan fingerprint density at radius 2 is 1.74 bits per heavy atom. The van der Waals surface area contributed by atoms with Gasteiger partial charge in [-0.3, -0.25) is 4.79 Å². The topological polar surface area (TPSA) is 42.0 Å². The highest BCUT2D eigenvalue weighted by molar-refractivity contribution is 5.91. The van der Waals surface area contributed by atoms with E-state index in [4.69, 9.17) is 0 Å². The number of hydrogen-bond acceptors (Lipinski definition) is 2. The van der Waals surface area contributed by atoms with E-state index >= 15 is 0 Å². The van der Waals surface area contributed by atoms with Gasteiger partial charge in [0.25, 0.3) is 0 Å². The summed E-state index contributed by atoms with van der Waals surface area (Å²) >= 11 is 0. The summed E-state index contributed by atoms with van der Waals surface area (Å²) in [5, 5.41) is 2.84. The van der Waals surface area contributed by atoms with Gasteiger partial charge in [-0.25, -0.2) is 4.98 Å². The van der Waals surface area contributed by atoms with Crippen molar-refractivity contribution in [1.29, 1.82) is 0 Å². The number of nitrogens with zero attached hydrogens (tertiary/aromatic N) is 1. The SMILES string of the molecule is Cc1ccc(CC(=O)Nc2cc(C)cc(C)n2)cc1. The van der Waals surface area contributed by atoms with Crippen LogP contribution in [-0.4, -0.2) is 10.9 Å². The maximum atomic E-state index is 11.9. The first-order chi connectivity index (χ1) is 9.02. The van der Waals surface area contributed by atoms with Gasteiger partial charge in [-0.1, -0.05) is 29.8 Å². The van der Waals surface area contributed by atoms with Crippen molar-refractivity contribution in [1.82, 2.24) is 4.98 Å². The fourth-order valence-electron chi connectivity index (χ4n) is 1.98. The molecule has 0 aliphatic heterocycles. The largest absolute Gasteiger partial charge is 0.310 e. The molecule has 1 heterocycles. The fourth-order valence-corrected chi connectivity index (χ4v) is 1.98. The molecule has 0 unspecified atom stereocenters. The van der Waals surface area contributed by atoms with E-state index < -0.39 is 0 Å². The molecule has 98 valence electrons. The van der Waals surface area contributed by atoms with Crippen molar-refractivity contribution in [2.75, 3.05) is 5.32 Å². The number of aromatic nitrogens is 1. The monoisotopic (exact) mass is 254 g/mol. The summed E-state index contributed by atoms with van der Waals surface area (Å²) < 4.78 is 0. The average Bonchev–Trinajstić information content (AvgIpc) is 2.30. The third-order valence-electron chi connectivity index (χ3n) is 2.85. The Morgan fingerprint density at radius 1 is 1.05 bits per heavy atom. The number of benzene rings is 1. The highest BCUT2D eigenvalue weighted by Gasteiger charge is 2.05. The fraction of sp³-hybridized carbons (Fsp3) is 0.250. The minimum atomic E-state index is -0.0404. The highest BCUT2D eigenvalue weighted by Crippen LogP contribution is 2.10. The summed E-state index contributed by atoms with van der Waals surface area (Å²) in [5.41, 5.74) is 4.20. The van der Waals surface area contributed by atoms with Crippen LogP contribution in [0.2, 0.25) is 0 Å². The first-order valence-electron chi connectivity index (χ1n) is 6.33. The second-order valence-electron chi connectivity index (χ2n) is 4.88. The van der Waals surface area contributed by atoms with Gasteiger partial charge in [-0.2, -0.15) is 0 Å². The van der Waals surface area contributed by atoms with Crippen LogP contribution in [0.3, 0.4) is 0 Å². The Morgan fingerprint density at radius 3 is 2.37 bits per heavy atom. The van der Waals surface area contributed by atoms with E-state index in [-0.39, 0.29) is 5.91 Å². The molecule has 0 bridgehead atoms. The Hall–Kier alpha value is -2.16. The van der Waals surface area contributed by atoms with Crippen LogP contribution in [0.25, 0.3) is 0 Å². The summed E-state index contributed by atoms with van der Waals surface area (Å²) in [7, 11) is 0. The van der Waals surface area contributed by atoms with Crippen LogP contribution in [0, 0.1) is 20.8 Å². The summed E-state index contributed by atoms with van der Waals surface area (Å²) in [6, 6.07) is 11.8. The second-order valence-corrected chi connectivity index (χ2v) is 4.88. The number of nitrogens with one attached hydrogen (secondary N) is 1. The van der Waals surface area contributed by atoms with E-state index in [1.54, 1.807) is 0 Å². The molecule has 1 aromatic heterocycles. The first kappa shape index (κ1) is 13.3. The number of carbonyl (C=O) groups excluding carboxylic acids is 1. The molecule has 0 radical (unpaired) electrons. The number of pyridine rings is 1. The smallest absolute Gasteiger partial charge is 0.229 e. The molecule has 2 rings (SSSR count). The minimum Gasteiger partial charge on any atom is -0.310 e. The molecule has 0 spiro atoms. The van der Waals surface area contributed by atoms with E-state index in [2.05, 4.69) is 10.3 Å². The molecule has 3 heteroatoms. The van der Waals surface area contributed by atoms with Crippen molar-refractivity contribution in [2.24, 2.45) is 0 Å². The Labute approximate surface area is 113 Å². The molecule has 0 aliphatic carbocycles. The molecule has 1 amide bonds. The van der Waals surface area contributed by atoms with E-state index in [0.29, 0.717) is 12.2 Å². The number of hydrogen-bond donors (Lipinski definition) is 1. The van der Waals surface area contributed by atoms with Gasteiger partial charge in [-0.15, -0.1) is 0 Å². The lowest BCUT2D eigenvalue weighted by Crippen LogP contribution is -2.15. The van der Waals surface area contributed by atoms with Gasteiger partial charge in [0.05, 0.1) is 6.42 Å². The number of anilines is 1. The molecule has 3 nitrogen and oxygen atoms in total. The standard InChI is InChI=1S/C16H18N2O/c1-11-4-6-14(7-5-11)10-16(19)18-15-9-12(2)8-13(3)17-15/h4-9H,10H2,1-3H3,(H,17,18,19). The lowest BCUT2D eigenvalue weighted by atomic mass is 10.1. The van der Waals surface area contributed by atoms with Gasteiger partial charge in [0, 0.05) is 5.69 Å². The van der Waals surface area contributed by atoms with Gasteiger partial charge < -0.3 is 5.32 Å². The Kier molecular flexibility index (Phi) is 3.95. The maximum Gasteiger partial charge on any atom is 0.229 e. The van der Waals surface area contributed by atoms with Gasteiger partial charge >= 0.3 is 0 Å². The van der Waals surface area contributed by atoms with E-state index in [9.17, 15) is 4.79 Å². The third-order valence-corrected chi connectivity index (χ3v) is 2.85. The lowest BCUT2D eigenvalue weighted by Gasteiger charge is -2.07. The predicted molar refractivity (Wildman–Crippen MR) is 77.2 cm³/mol. The number of amides is 1. The lowest BCUT2D eigenvalue weighted by molar-refractivity contribution is -0.115. The minimum absolute atomic E-state index is 0.0404. The molecule has 19 heavy (non-hydrogen) atoms. The maximum absolute atomic E-state index is 11.9. The summed E-state index contributed by atoms with van der Waals surface area (Å²) in [5.74, 6) is 0.580. The molecule has 1 aromatic carbocycles. The van der Waals surface area contributed by atoms with Crippen molar-refractivity contribution in [3.8, 4) is 0 Å². The van der Waals surface area contributed by atoms with Crippen LogP contribution < -0.4 is 5.32 Å². The van der Waals surface area contributed by atoms with Gasteiger partial charge in [0.15, 0.2) is 0 Å². The molecule has 0 atom stereocenters. The molecule has 0 aliphatic rings. The molecule has 2 aromatic rings. The average molecular weight is 254 g/mol. The van der Waals surface area contributed by atoms with E-state index in [0.717, 1.165) is 16.8 Å². The van der Waals surface area contributed by atoms with Gasteiger partial charge in [0.2, 0.25) is 5.91 Å². The van der Waals surface area contributed by atoms with Gasteiger partial charge in [-0.05, 0) is 44.0 Å². The highest BCUT2D eigenvalue weighted by atomic mass is 16.1. The third kappa shape index (κ3) is 3.91. The summed E-state index contributed by atoms with van der Waals surface area (Å²) in [4.78, 5) is 16.2. The number of rotatable bonds is 3. The zero-order valence-electron chi connectivity index (χ0n) is 11.5. The predicted octanol–water partition coefficient (Wildman–Crippen LogP) is 3.19. The van der Waals surface area contributed by atoms with E-state index in [1.807, 2.05) is 57.2 Å². The van der Waals surface area contributed by atoms with Gasteiger partial charge in [0.1, 0.15) is 5.82 Å². The van der Waals surface area contributed by atoms with Crippen LogP contribution in [0.1, 0.15) is 22.4 Å². The summed E-state index contributed by atoms with van der Waals surface area (Å²) in [6.45, 7) is 5.94. The molecular formula is C16H18N2O. The summed E-state index contributed by atoms with van der Waals surface area (Å²) in [6.07, 6.45) is 0.370. The zero-order valence-corrected chi connectivity index (χ0v) is 11.5. The van der Waals surface area contributed by atoms with Crippen molar-refractivity contribution in [3.05, 3.63) is 58.8 Å². The Bertz CT molecular complexity index is 568. The van der Waals surface area contributed by atoms with Crippen molar-refractivity contribution >= 4 is 11.7 Å². The van der Waals surface area contributed by atoms with Crippen molar-refractivity contribution < 1.29 is 4.79 Å². The number of aryl methyl sites for hydroxylation is 3. The normalized spacial score (nSPS) is 10.3. The molecule has 0 fully saturated rings. The van der Waals surface area contributed by atoms with Crippen LogP contribution in [0.5, 0.6) is 0 Å². The Balaban J connectivity index is 2.03. The second kappa shape index (κ2) is 5.65. The van der Waals surface area contributed by atoms with Crippen molar-refractivity contribution in [3.63, 3.8) is 0 Å². The molecule has 0 saturated heterocycles. The quantitative estimate of drug-likeness (QED) is 0.914. The number of carbonyl (C=O) groups is 1. The van der Waals surface area contributed by atoms with Crippen LogP contribution in [-0.2, 0) is 11.2 Å². The first-order valence-corrected chi connectivity index (χ1v) is 6.33. The molecule has 1 N–H and O–H groups in total. The van der Waals surface area contributed by atoms with Crippen LogP contribution >= 0.6 is 0 Å². The molecular weight excluding hydrogens is 236 g/mol. The van der Waals surface area contributed by atoms with Crippen LogP contribution in [0.15, 0.2) is 36.4 Å². The van der Waals surface area contributed by atoms with E-state index in [1.165, 1.54) is 5.56 Å². The van der Waals surface area contributed by atoms with Crippen LogP contribution in [0.4, 0.5) is 5.82 Å². The van der Waals surface area contributed by atoms with Crippen molar-refractivity contribution in [2.45, 2.75) is 27.2 Å². The molecule has 0 saturated carbocycles.